The van der Waals surface area contributed by atoms with Gasteiger partial charge in [-0.1, -0.05) is 0 Å². The monoisotopic (exact) mass is 162 g/mol. The Kier molecular flexibility index (Phi) is 1.76. The van der Waals surface area contributed by atoms with Crippen LogP contribution in [0.3, 0.4) is 0 Å². The Hall–Kier alpha value is -0.0900. The van der Waals surface area contributed by atoms with Crippen LogP contribution in [0.5, 0.6) is 0 Å². The van der Waals surface area contributed by atoms with E-state index in [0.717, 1.165) is 19.3 Å². The van der Waals surface area contributed by atoms with Crippen molar-refractivity contribution in [2.45, 2.75) is 24.8 Å². The van der Waals surface area contributed by atoms with Crippen molar-refractivity contribution in [2.24, 2.45) is 5.73 Å². The van der Waals surface area contributed by atoms with Gasteiger partial charge in [0, 0.05) is 27.3 Å². The zero-order valence-electron chi connectivity index (χ0n) is 6.22. The lowest BCUT2D eigenvalue weighted by molar-refractivity contribution is 0.281. The van der Waals surface area contributed by atoms with Gasteiger partial charge in [-0.3, -0.25) is 8.99 Å². The molecule has 1 rings (SSSR count). The third-order valence-corrected chi connectivity index (χ3v) is 3.04. The van der Waals surface area contributed by atoms with Crippen LogP contribution in [0, 0.1) is 4.78 Å². The number of nitrogens with one attached hydrogen (secondary N) is 1. The predicted octanol–water partition coefficient (Wildman–Crippen LogP) is 0.544. The Labute approximate surface area is 62.0 Å². The Morgan fingerprint density at radius 3 is 2.30 bits per heavy atom. The molecule has 0 aromatic carbocycles. The molecule has 0 bridgehead atoms. The van der Waals surface area contributed by atoms with E-state index < -0.39 is 9.73 Å². The first-order valence-corrected chi connectivity index (χ1v) is 5.55. The van der Waals surface area contributed by atoms with Crippen LogP contribution < -0.4 is 5.73 Å². The summed E-state index contributed by atoms with van der Waals surface area (Å²) in [5.41, 5.74) is 5.53. The average Bonchev–Trinajstić information content (AvgIpc) is 1.57. The van der Waals surface area contributed by atoms with E-state index in [1.54, 1.807) is 0 Å². The summed E-state index contributed by atoms with van der Waals surface area (Å²) in [5, 5.41) is 0. The van der Waals surface area contributed by atoms with E-state index in [4.69, 9.17) is 10.5 Å². The first-order chi connectivity index (χ1) is 4.41. The van der Waals surface area contributed by atoms with E-state index in [2.05, 4.69) is 0 Å². The van der Waals surface area contributed by atoms with Gasteiger partial charge in [-0.2, -0.15) is 0 Å². The molecule has 0 amide bonds. The number of hydrogen-bond acceptors (Lipinski definition) is 3. The normalized spacial score (nSPS) is 28.6. The van der Waals surface area contributed by atoms with Gasteiger partial charge < -0.3 is 5.73 Å². The smallest absolute Gasteiger partial charge is 0.0493 e. The van der Waals surface area contributed by atoms with Gasteiger partial charge in [0.05, 0.1) is 0 Å². The fourth-order valence-corrected chi connectivity index (χ4v) is 2.71. The van der Waals surface area contributed by atoms with Gasteiger partial charge in [0.25, 0.3) is 0 Å². The highest BCUT2D eigenvalue weighted by Gasteiger charge is 2.34. The van der Waals surface area contributed by atoms with Crippen molar-refractivity contribution in [3.05, 3.63) is 0 Å². The van der Waals surface area contributed by atoms with Crippen molar-refractivity contribution >= 4 is 9.73 Å². The summed E-state index contributed by atoms with van der Waals surface area (Å²) in [6.07, 6.45) is 4.47. The number of nitrogens with two attached hydrogens (primary N) is 1. The van der Waals surface area contributed by atoms with E-state index >= 15 is 0 Å². The van der Waals surface area contributed by atoms with E-state index in [-0.39, 0.29) is 5.54 Å². The molecule has 0 aromatic heterocycles. The molecule has 1 fully saturated rings. The van der Waals surface area contributed by atoms with Gasteiger partial charge in [0.2, 0.25) is 0 Å². The second-order valence-electron chi connectivity index (χ2n) is 3.37. The average molecular weight is 162 g/mol. The van der Waals surface area contributed by atoms with Crippen LogP contribution in [0.15, 0.2) is 0 Å². The largest absolute Gasteiger partial charge is 0.324 e. The molecule has 10 heavy (non-hydrogen) atoms. The van der Waals surface area contributed by atoms with E-state index in [9.17, 15) is 4.21 Å². The minimum atomic E-state index is -2.37. The third kappa shape index (κ3) is 1.95. The molecule has 0 saturated heterocycles. The lowest BCUT2D eigenvalue weighted by Gasteiger charge is -2.37. The van der Waals surface area contributed by atoms with Crippen molar-refractivity contribution in [1.29, 1.82) is 4.78 Å². The minimum absolute atomic E-state index is 0.256. The predicted molar refractivity (Wildman–Crippen MR) is 42.4 cm³/mol. The molecule has 1 saturated carbocycles. The molecule has 0 aliphatic heterocycles. The summed E-state index contributed by atoms with van der Waals surface area (Å²) in [7, 11) is -2.37. The summed E-state index contributed by atoms with van der Waals surface area (Å²) < 4.78 is 18.2. The second-order valence-corrected chi connectivity index (χ2v) is 5.66. The van der Waals surface area contributed by atoms with E-state index in [1.807, 2.05) is 0 Å². The molecular formula is C6H14N2OS. The van der Waals surface area contributed by atoms with Gasteiger partial charge in [-0.05, 0) is 19.3 Å². The second kappa shape index (κ2) is 2.20. The maximum atomic E-state index is 11.0. The molecule has 0 spiro atoms. The van der Waals surface area contributed by atoms with Gasteiger partial charge in [0.15, 0.2) is 0 Å². The standard InChI is InChI=1S/C6H14N2OS/c1-10(8,9)5-6(7)3-2-4-6/h8H,2-5,7H2,1H3. The highest BCUT2D eigenvalue weighted by atomic mass is 32.2. The maximum Gasteiger partial charge on any atom is 0.0493 e. The first-order valence-electron chi connectivity index (χ1n) is 3.42. The zero-order valence-corrected chi connectivity index (χ0v) is 7.04. The van der Waals surface area contributed by atoms with E-state index in [1.165, 1.54) is 6.26 Å². The fraction of sp³-hybridized carbons (Fsp3) is 1.00. The molecule has 4 heteroatoms. The Morgan fingerprint density at radius 1 is 1.70 bits per heavy atom. The van der Waals surface area contributed by atoms with Crippen molar-refractivity contribution in [3.8, 4) is 0 Å². The minimum Gasteiger partial charge on any atom is -0.324 e. The molecular weight excluding hydrogens is 148 g/mol. The van der Waals surface area contributed by atoms with Gasteiger partial charge in [-0.15, -0.1) is 0 Å². The van der Waals surface area contributed by atoms with Crippen molar-refractivity contribution in [1.82, 2.24) is 0 Å². The maximum absolute atomic E-state index is 11.0. The lowest BCUT2D eigenvalue weighted by Crippen LogP contribution is -2.51. The van der Waals surface area contributed by atoms with Crippen LogP contribution in [0.25, 0.3) is 0 Å². The summed E-state index contributed by atoms with van der Waals surface area (Å²) in [5.74, 6) is 0.375. The first kappa shape index (κ1) is 8.01. The van der Waals surface area contributed by atoms with Crippen LogP contribution >= 0.6 is 0 Å². The fourth-order valence-electron chi connectivity index (χ4n) is 1.32. The SMILES string of the molecule is CS(=N)(=O)CC1(N)CCC1. The molecule has 3 nitrogen and oxygen atoms in total. The van der Waals surface area contributed by atoms with Crippen LogP contribution in [0.2, 0.25) is 0 Å². The molecule has 1 unspecified atom stereocenters. The zero-order chi connectivity index (χ0) is 7.83. The summed E-state index contributed by atoms with van der Waals surface area (Å²) >= 11 is 0. The summed E-state index contributed by atoms with van der Waals surface area (Å²) in [4.78, 5) is 0. The van der Waals surface area contributed by atoms with Crippen molar-refractivity contribution in [3.63, 3.8) is 0 Å². The summed E-state index contributed by atoms with van der Waals surface area (Å²) in [6.45, 7) is 0. The molecule has 1 aliphatic carbocycles. The van der Waals surface area contributed by atoms with Crippen LogP contribution in [-0.2, 0) is 9.73 Å². The van der Waals surface area contributed by atoms with Crippen molar-refractivity contribution in [2.75, 3.05) is 12.0 Å². The number of rotatable bonds is 2. The highest BCUT2D eigenvalue weighted by Crippen LogP contribution is 2.30. The summed E-state index contributed by atoms with van der Waals surface area (Å²) in [6, 6.07) is 0. The lowest BCUT2D eigenvalue weighted by atomic mass is 9.79. The molecule has 0 radical (unpaired) electrons. The molecule has 0 aromatic rings. The molecule has 0 heterocycles. The van der Waals surface area contributed by atoms with Gasteiger partial charge >= 0.3 is 0 Å². The molecule has 60 valence electrons. The van der Waals surface area contributed by atoms with Gasteiger partial charge in [-0.25, -0.2) is 0 Å². The Bertz CT molecular complexity index is 216. The van der Waals surface area contributed by atoms with E-state index in [0.29, 0.717) is 5.75 Å². The molecule has 3 N–H and O–H groups in total. The van der Waals surface area contributed by atoms with Crippen molar-refractivity contribution < 1.29 is 4.21 Å². The Morgan fingerprint density at radius 2 is 2.20 bits per heavy atom. The Balaban J connectivity index is 2.53. The molecule has 1 aliphatic rings. The van der Waals surface area contributed by atoms with Crippen LogP contribution in [0.4, 0.5) is 0 Å². The van der Waals surface area contributed by atoms with Crippen LogP contribution in [0.1, 0.15) is 19.3 Å². The quantitative estimate of drug-likeness (QED) is 0.622. The third-order valence-electron chi connectivity index (χ3n) is 1.91. The van der Waals surface area contributed by atoms with Gasteiger partial charge in [0.1, 0.15) is 0 Å². The highest BCUT2D eigenvalue weighted by molar-refractivity contribution is 7.91. The number of hydrogen-bond donors (Lipinski definition) is 2. The van der Waals surface area contributed by atoms with Crippen LogP contribution in [-0.4, -0.2) is 21.8 Å². The topological polar surface area (TPSA) is 66.9 Å². The molecule has 1 atom stereocenters.